The molecule has 21 heavy (non-hydrogen) atoms. The Morgan fingerprint density at radius 3 is 2.81 bits per heavy atom. The van der Waals surface area contributed by atoms with Gasteiger partial charge in [-0.15, -0.1) is 0 Å². The minimum Gasteiger partial charge on any atom is -0.312 e. The lowest BCUT2D eigenvalue weighted by atomic mass is 10.0. The van der Waals surface area contributed by atoms with Crippen molar-refractivity contribution in [1.29, 1.82) is 0 Å². The molecule has 6 heteroatoms. The molecule has 1 aromatic carbocycles. The molecule has 0 saturated heterocycles. The number of nitrogens with zero attached hydrogens (tertiary/aromatic N) is 1. The van der Waals surface area contributed by atoms with E-state index in [-0.39, 0.29) is 17.6 Å². The molecule has 0 bridgehead atoms. The van der Waals surface area contributed by atoms with Gasteiger partial charge in [0.05, 0.1) is 11.4 Å². The van der Waals surface area contributed by atoms with E-state index >= 15 is 0 Å². The van der Waals surface area contributed by atoms with Crippen LogP contribution in [-0.4, -0.2) is 26.6 Å². The Morgan fingerprint density at radius 2 is 2.14 bits per heavy atom. The van der Waals surface area contributed by atoms with Crippen molar-refractivity contribution >= 4 is 27.3 Å². The molecular formula is C15H20N2O3S. The van der Waals surface area contributed by atoms with E-state index in [9.17, 15) is 13.2 Å². The fourth-order valence-electron chi connectivity index (χ4n) is 2.67. The highest BCUT2D eigenvalue weighted by molar-refractivity contribution is 7.92. The average molecular weight is 308 g/mol. The summed E-state index contributed by atoms with van der Waals surface area (Å²) in [6.45, 7) is 2.33. The number of sulfonamides is 1. The highest BCUT2D eigenvalue weighted by atomic mass is 32.2. The van der Waals surface area contributed by atoms with Crippen LogP contribution in [0.4, 0.5) is 11.4 Å². The van der Waals surface area contributed by atoms with Crippen molar-refractivity contribution < 1.29 is 13.2 Å². The van der Waals surface area contributed by atoms with E-state index in [0.29, 0.717) is 5.69 Å². The first-order valence-electron chi connectivity index (χ1n) is 7.45. The summed E-state index contributed by atoms with van der Waals surface area (Å²) >= 11 is 0. The SMILES string of the molecule is CCS(=O)(=O)Nc1ccc2c(c1)N(C(=O)C1CC1)CCC2. The fraction of sp³-hybridized carbons (Fsp3) is 0.533. The molecule has 1 aliphatic heterocycles. The third-order valence-corrected chi connectivity index (χ3v) is 5.36. The molecule has 1 amide bonds. The van der Waals surface area contributed by atoms with Gasteiger partial charge >= 0.3 is 0 Å². The first-order valence-corrected chi connectivity index (χ1v) is 9.10. The number of rotatable bonds is 4. The molecule has 2 aliphatic rings. The van der Waals surface area contributed by atoms with Gasteiger partial charge < -0.3 is 4.90 Å². The van der Waals surface area contributed by atoms with Crippen molar-refractivity contribution in [2.45, 2.75) is 32.6 Å². The first-order chi connectivity index (χ1) is 10.00. The van der Waals surface area contributed by atoms with Gasteiger partial charge in [-0.3, -0.25) is 9.52 Å². The molecule has 1 aliphatic carbocycles. The van der Waals surface area contributed by atoms with Crippen molar-refractivity contribution in [3.8, 4) is 0 Å². The number of carbonyl (C=O) groups excluding carboxylic acids is 1. The largest absolute Gasteiger partial charge is 0.312 e. The lowest BCUT2D eigenvalue weighted by Gasteiger charge is -2.30. The van der Waals surface area contributed by atoms with Crippen LogP contribution in [0.5, 0.6) is 0 Å². The summed E-state index contributed by atoms with van der Waals surface area (Å²) in [4.78, 5) is 14.2. The van der Waals surface area contributed by atoms with Crippen LogP contribution in [0.15, 0.2) is 18.2 Å². The maximum Gasteiger partial charge on any atom is 0.232 e. The van der Waals surface area contributed by atoms with Crippen molar-refractivity contribution in [2.75, 3.05) is 21.9 Å². The number of carbonyl (C=O) groups is 1. The highest BCUT2D eigenvalue weighted by Gasteiger charge is 2.35. The molecule has 1 aromatic rings. The minimum absolute atomic E-state index is 0.0365. The highest BCUT2D eigenvalue weighted by Crippen LogP contribution is 2.37. The topological polar surface area (TPSA) is 66.5 Å². The predicted molar refractivity (Wildman–Crippen MR) is 82.9 cm³/mol. The maximum atomic E-state index is 12.4. The smallest absolute Gasteiger partial charge is 0.232 e. The summed E-state index contributed by atoms with van der Waals surface area (Å²) in [7, 11) is -3.29. The Hall–Kier alpha value is -1.56. The predicted octanol–water partition coefficient (Wildman–Crippen LogP) is 2.14. The van der Waals surface area contributed by atoms with E-state index in [1.807, 2.05) is 11.0 Å². The Bertz CT molecular complexity index is 665. The second-order valence-corrected chi connectivity index (χ2v) is 7.73. The summed E-state index contributed by atoms with van der Waals surface area (Å²) in [5, 5.41) is 0. The van der Waals surface area contributed by atoms with Gasteiger partial charge in [0.1, 0.15) is 0 Å². The normalized spacial score (nSPS) is 18.2. The molecular weight excluding hydrogens is 288 g/mol. The van der Waals surface area contributed by atoms with Crippen LogP contribution in [0.25, 0.3) is 0 Å². The zero-order valence-corrected chi connectivity index (χ0v) is 12.9. The van der Waals surface area contributed by atoms with E-state index in [1.165, 1.54) is 0 Å². The molecule has 3 rings (SSSR count). The van der Waals surface area contributed by atoms with Gasteiger partial charge in [0.2, 0.25) is 15.9 Å². The zero-order chi connectivity index (χ0) is 15.0. The van der Waals surface area contributed by atoms with E-state index in [1.54, 1.807) is 19.1 Å². The van der Waals surface area contributed by atoms with Crippen molar-refractivity contribution in [2.24, 2.45) is 5.92 Å². The number of nitrogens with one attached hydrogen (secondary N) is 1. The lowest BCUT2D eigenvalue weighted by molar-refractivity contribution is -0.119. The van der Waals surface area contributed by atoms with E-state index in [0.717, 1.165) is 43.5 Å². The summed E-state index contributed by atoms with van der Waals surface area (Å²) in [5.41, 5.74) is 2.52. The number of benzene rings is 1. The van der Waals surface area contributed by atoms with Crippen molar-refractivity contribution in [1.82, 2.24) is 0 Å². The molecule has 1 heterocycles. The fourth-order valence-corrected chi connectivity index (χ4v) is 3.30. The number of amides is 1. The second kappa shape index (κ2) is 5.33. The van der Waals surface area contributed by atoms with Crippen LogP contribution >= 0.6 is 0 Å². The number of anilines is 2. The van der Waals surface area contributed by atoms with Crippen LogP contribution in [0.3, 0.4) is 0 Å². The van der Waals surface area contributed by atoms with Gasteiger partial charge in [0, 0.05) is 18.2 Å². The van der Waals surface area contributed by atoms with Crippen LogP contribution in [0.1, 0.15) is 31.7 Å². The number of hydrogen-bond donors (Lipinski definition) is 1. The summed E-state index contributed by atoms with van der Waals surface area (Å²) in [6.07, 6.45) is 3.86. The number of hydrogen-bond acceptors (Lipinski definition) is 3. The molecule has 0 atom stereocenters. The Morgan fingerprint density at radius 1 is 1.38 bits per heavy atom. The Labute approximate surface area is 125 Å². The average Bonchev–Trinajstić information content (AvgIpc) is 3.30. The monoisotopic (exact) mass is 308 g/mol. The van der Waals surface area contributed by atoms with Gasteiger partial charge in [-0.2, -0.15) is 0 Å². The van der Waals surface area contributed by atoms with Crippen LogP contribution in [0, 0.1) is 5.92 Å². The maximum absolute atomic E-state index is 12.4. The third-order valence-electron chi connectivity index (χ3n) is 4.05. The first kappa shape index (κ1) is 14.4. The van der Waals surface area contributed by atoms with Crippen LogP contribution < -0.4 is 9.62 Å². The number of aryl methyl sites for hydroxylation is 1. The third kappa shape index (κ3) is 3.05. The summed E-state index contributed by atoms with van der Waals surface area (Å²) in [5.74, 6) is 0.396. The molecule has 1 fully saturated rings. The van der Waals surface area contributed by atoms with Crippen LogP contribution in [0.2, 0.25) is 0 Å². The molecule has 1 N–H and O–H groups in total. The lowest BCUT2D eigenvalue weighted by Crippen LogP contribution is -2.36. The van der Waals surface area contributed by atoms with Gasteiger partial charge in [-0.1, -0.05) is 6.07 Å². The van der Waals surface area contributed by atoms with Gasteiger partial charge in [-0.05, 0) is 50.3 Å². The van der Waals surface area contributed by atoms with Crippen molar-refractivity contribution in [3.63, 3.8) is 0 Å². The molecule has 114 valence electrons. The second-order valence-electron chi connectivity index (χ2n) is 5.72. The number of fused-ring (bicyclic) bond motifs is 1. The minimum atomic E-state index is -3.29. The van der Waals surface area contributed by atoms with Crippen molar-refractivity contribution in [3.05, 3.63) is 23.8 Å². The van der Waals surface area contributed by atoms with Crippen LogP contribution in [-0.2, 0) is 21.2 Å². The van der Waals surface area contributed by atoms with Gasteiger partial charge in [-0.25, -0.2) is 8.42 Å². The van der Waals surface area contributed by atoms with E-state index in [2.05, 4.69) is 4.72 Å². The molecule has 0 unspecified atom stereocenters. The van der Waals surface area contributed by atoms with Gasteiger partial charge in [0.25, 0.3) is 0 Å². The Balaban J connectivity index is 1.91. The molecule has 0 radical (unpaired) electrons. The molecule has 1 saturated carbocycles. The summed E-state index contributed by atoms with van der Waals surface area (Å²) < 4.78 is 25.9. The van der Waals surface area contributed by atoms with Gasteiger partial charge in [0.15, 0.2) is 0 Å². The zero-order valence-electron chi connectivity index (χ0n) is 12.1. The molecule has 5 nitrogen and oxygen atoms in total. The van der Waals surface area contributed by atoms with E-state index < -0.39 is 10.0 Å². The standard InChI is InChI=1S/C15H20N2O3S/c1-2-21(19,20)16-13-8-7-11-4-3-9-17(14(11)10-13)15(18)12-5-6-12/h7-8,10,12,16H,2-6,9H2,1H3. The molecule has 0 spiro atoms. The summed E-state index contributed by atoms with van der Waals surface area (Å²) in [6, 6.07) is 5.49. The molecule has 0 aromatic heterocycles. The quantitative estimate of drug-likeness (QED) is 0.926. The van der Waals surface area contributed by atoms with E-state index in [4.69, 9.17) is 0 Å². The Kier molecular flexibility index (Phi) is 3.65.